The molecule has 7 heteroatoms. The van der Waals surface area contributed by atoms with Gasteiger partial charge in [-0.15, -0.1) is 0 Å². The lowest BCUT2D eigenvalue weighted by Gasteiger charge is -2.13. The molecule has 1 aliphatic heterocycles. The van der Waals surface area contributed by atoms with Gasteiger partial charge in [0.15, 0.2) is 0 Å². The predicted molar refractivity (Wildman–Crippen MR) is 94.7 cm³/mol. The van der Waals surface area contributed by atoms with E-state index in [2.05, 4.69) is 5.32 Å². The van der Waals surface area contributed by atoms with E-state index >= 15 is 0 Å². The summed E-state index contributed by atoms with van der Waals surface area (Å²) >= 11 is 0. The second-order valence-corrected chi connectivity index (χ2v) is 6.26. The molecule has 25 heavy (non-hydrogen) atoms. The average molecular weight is 342 g/mol. The number of para-hydroxylation sites is 1. The van der Waals surface area contributed by atoms with Gasteiger partial charge in [0.1, 0.15) is 5.69 Å². The number of nitrogens with zero attached hydrogens (tertiary/aromatic N) is 3. The monoisotopic (exact) mass is 342 g/mol. The summed E-state index contributed by atoms with van der Waals surface area (Å²) in [6.45, 7) is 4.67. The maximum atomic E-state index is 12.8. The van der Waals surface area contributed by atoms with Gasteiger partial charge in [0, 0.05) is 26.6 Å². The van der Waals surface area contributed by atoms with Crippen LogP contribution in [0.2, 0.25) is 0 Å². The molecule has 0 spiro atoms. The SMILES string of the molecule is CCN1C[C@H](C(=O)Nc2c(C)n(C)n(-c3ccccc3)c2=O)CC1=O. The minimum Gasteiger partial charge on any atom is -0.342 e. The van der Waals surface area contributed by atoms with E-state index in [1.807, 2.05) is 37.3 Å². The van der Waals surface area contributed by atoms with Crippen LogP contribution in [0, 0.1) is 12.8 Å². The molecular formula is C18H22N4O3. The number of likely N-dealkylation sites (tertiary alicyclic amines) is 1. The van der Waals surface area contributed by atoms with Crippen molar-refractivity contribution in [3.05, 3.63) is 46.4 Å². The van der Waals surface area contributed by atoms with E-state index in [1.54, 1.807) is 23.6 Å². The van der Waals surface area contributed by atoms with E-state index in [-0.39, 0.29) is 29.5 Å². The third-order valence-electron chi connectivity index (χ3n) is 4.77. The molecule has 2 aromatic rings. The number of amides is 2. The summed E-state index contributed by atoms with van der Waals surface area (Å²) in [7, 11) is 1.78. The first kappa shape index (κ1) is 17.0. The molecule has 132 valence electrons. The Bertz CT molecular complexity index is 866. The summed E-state index contributed by atoms with van der Waals surface area (Å²) in [5.41, 5.74) is 1.38. The number of aromatic nitrogens is 2. The zero-order chi connectivity index (χ0) is 18.1. The predicted octanol–water partition coefficient (Wildman–Crippen LogP) is 1.29. The molecule has 1 aromatic heterocycles. The number of nitrogens with one attached hydrogen (secondary N) is 1. The number of anilines is 1. The molecule has 0 unspecified atom stereocenters. The van der Waals surface area contributed by atoms with E-state index < -0.39 is 5.92 Å². The molecule has 1 N–H and O–H groups in total. The first-order valence-corrected chi connectivity index (χ1v) is 8.36. The summed E-state index contributed by atoms with van der Waals surface area (Å²) in [6.07, 6.45) is 0.193. The van der Waals surface area contributed by atoms with Crippen molar-refractivity contribution in [2.24, 2.45) is 13.0 Å². The Labute approximate surface area is 145 Å². The second kappa shape index (κ2) is 6.58. The van der Waals surface area contributed by atoms with Gasteiger partial charge in [-0.1, -0.05) is 18.2 Å². The second-order valence-electron chi connectivity index (χ2n) is 6.26. The highest BCUT2D eigenvalue weighted by molar-refractivity contribution is 5.97. The lowest BCUT2D eigenvalue weighted by molar-refractivity contribution is -0.128. The van der Waals surface area contributed by atoms with Gasteiger partial charge in [0.05, 0.1) is 17.3 Å². The Balaban J connectivity index is 1.88. The molecule has 3 rings (SSSR count). The van der Waals surface area contributed by atoms with Crippen LogP contribution < -0.4 is 10.9 Å². The summed E-state index contributed by atoms with van der Waals surface area (Å²) in [5.74, 6) is -0.721. The Morgan fingerprint density at radius 2 is 1.92 bits per heavy atom. The van der Waals surface area contributed by atoms with E-state index in [0.717, 1.165) is 5.69 Å². The highest BCUT2D eigenvalue weighted by Gasteiger charge is 2.34. The third-order valence-corrected chi connectivity index (χ3v) is 4.77. The summed E-state index contributed by atoms with van der Waals surface area (Å²) in [4.78, 5) is 38.8. The lowest BCUT2D eigenvalue weighted by atomic mass is 10.1. The molecule has 0 saturated carbocycles. The third kappa shape index (κ3) is 2.97. The minimum atomic E-state index is -0.420. The van der Waals surface area contributed by atoms with Crippen LogP contribution in [0.4, 0.5) is 5.69 Å². The smallest absolute Gasteiger partial charge is 0.295 e. The molecule has 2 amide bonds. The summed E-state index contributed by atoms with van der Waals surface area (Å²) in [6, 6.07) is 9.25. The van der Waals surface area contributed by atoms with E-state index in [1.165, 1.54) is 4.68 Å². The molecule has 0 bridgehead atoms. The number of carbonyl (C=O) groups is 2. The van der Waals surface area contributed by atoms with Gasteiger partial charge < -0.3 is 10.2 Å². The molecule has 0 aliphatic carbocycles. The number of rotatable bonds is 4. The van der Waals surface area contributed by atoms with E-state index in [0.29, 0.717) is 18.8 Å². The van der Waals surface area contributed by atoms with Crippen molar-refractivity contribution in [2.75, 3.05) is 18.4 Å². The van der Waals surface area contributed by atoms with Crippen LogP contribution in [0.3, 0.4) is 0 Å². The van der Waals surface area contributed by atoms with Crippen LogP contribution in [-0.2, 0) is 16.6 Å². The van der Waals surface area contributed by atoms with Crippen LogP contribution in [0.25, 0.3) is 5.69 Å². The van der Waals surface area contributed by atoms with E-state index in [4.69, 9.17) is 0 Å². The van der Waals surface area contributed by atoms with Crippen LogP contribution in [-0.4, -0.2) is 39.2 Å². The van der Waals surface area contributed by atoms with Crippen molar-refractivity contribution in [3.8, 4) is 5.69 Å². The number of carbonyl (C=O) groups excluding carboxylic acids is 2. The van der Waals surface area contributed by atoms with E-state index in [9.17, 15) is 14.4 Å². The van der Waals surface area contributed by atoms with Gasteiger partial charge >= 0.3 is 0 Å². The normalized spacial score (nSPS) is 17.2. The maximum Gasteiger partial charge on any atom is 0.295 e. The summed E-state index contributed by atoms with van der Waals surface area (Å²) < 4.78 is 3.23. The largest absolute Gasteiger partial charge is 0.342 e. The van der Waals surface area contributed by atoms with Crippen LogP contribution in [0.5, 0.6) is 0 Å². The molecule has 1 aromatic carbocycles. The molecule has 2 heterocycles. The highest BCUT2D eigenvalue weighted by Crippen LogP contribution is 2.20. The minimum absolute atomic E-state index is 0.0193. The van der Waals surface area contributed by atoms with Crippen molar-refractivity contribution in [2.45, 2.75) is 20.3 Å². The fourth-order valence-corrected chi connectivity index (χ4v) is 3.19. The van der Waals surface area contributed by atoms with Crippen molar-refractivity contribution < 1.29 is 9.59 Å². The Kier molecular flexibility index (Phi) is 4.48. The topological polar surface area (TPSA) is 76.3 Å². The maximum absolute atomic E-state index is 12.8. The van der Waals surface area contributed by atoms with Crippen LogP contribution in [0.15, 0.2) is 35.1 Å². The molecule has 7 nitrogen and oxygen atoms in total. The molecule has 0 radical (unpaired) electrons. The van der Waals surface area contributed by atoms with Gasteiger partial charge in [-0.05, 0) is 26.0 Å². The van der Waals surface area contributed by atoms with Crippen LogP contribution >= 0.6 is 0 Å². The fourth-order valence-electron chi connectivity index (χ4n) is 3.19. The highest BCUT2D eigenvalue weighted by atomic mass is 16.2. The van der Waals surface area contributed by atoms with Gasteiger partial charge in [0.25, 0.3) is 5.56 Å². The zero-order valence-electron chi connectivity index (χ0n) is 14.7. The molecular weight excluding hydrogens is 320 g/mol. The number of hydrogen-bond donors (Lipinski definition) is 1. The molecule has 1 saturated heterocycles. The number of hydrogen-bond acceptors (Lipinski definition) is 3. The van der Waals surface area contributed by atoms with Crippen molar-refractivity contribution >= 4 is 17.5 Å². The van der Waals surface area contributed by atoms with Gasteiger partial charge in [-0.2, -0.15) is 0 Å². The van der Waals surface area contributed by atoms with Gasteiger partial charge in [-0.3, -0.25) is 19.1 Å². The standard InChI is InChI=1S/C18H22N4O3/c1-4-21-11-13(10-15(21)23)17(24)19-16-12(2)20(3)22(18(16)25)14-8-6-5-7-9-14/h5-9,13H,4,10-11H2,1-3H3,(H,19,24)/t13-/m1/s1. The quantitative estimate of drug-likeness (QED) is 0.910. The van der Waals surface area contributed by atoms with Crippen LogP contribution in [0.1, 0.15) is 19.0 Å². The fraction of sp³-hybridized carbons (Fsp3) is 0.389. The Hall–Kier alpha value is -2.83. The van der Waals surface area contributed by atoms with Crippen molar-refractivity contribution in [1.29, 1.82) is 0 Å². The molecule has 1 atom stereocenters. The average Bonchev–Trinajstić information content (AvgIpc) is 3.09. The number of benzene rings is 1. The summed E-state index contributed by atoms with van der Waals surface area (Å²) in [5, 5.41) is 2.74. The van der Waals surface area contributed by atoms with Gasteiger partial charge in [-0.25, -0.2) is 4.68 Å². The first-order chi connectivity index (χ1) is 11.9. The zero-order valence-corrected chi connectivity index (χ0v) is 14.7. The molecule has 1 aliphatic rings. The van der Waals surface area contributed by atoms with Gasteiger partial charge in [0.2, 0.25) is 11.8 Å². The van der Waals surface area contributed by atoms with Crippen molar-refractivity contribution in [1.82, 2.24) is 14.3 Å². The first-order valence-electron chi connectivity index (χ1n) is 8.36. The lowest BCUT2D eigenvalue weighted by Crippen LogP contribution is -2.29. The Morgan fingerprint density at radius 3 is 2.52 bits per heavy atom. The molecule has 1 fully saturated rings. The van der Waals surface area contributed by atoms with Crippen molar-refractivity contribution in [3.63, 3.8) is 0 Å². The Morgan fingerprint density at radius 1 is 1.24 bits per heavy atom.